The highest BCUT2D eigenvalue weighted by Crippen LogP contribution is 2.46. The molecule has 6 nitrogen and oxygen atoms in total. The average molecular weight is 413 g/mol. The number of anilines is 1. The number of carbonyl (C=O) groups is 2. The maximum absolute atomic E-state index is 13.0. The van der Waals surface area contributed by atoms with Gasteiger partial charge in [-0.05, 0) is 45.2 Å². The fourth-order valence-electron chi connectivity index (χ4n) is 4.02. The Morgan fingerprint density at radius 2 is 2.00 bits per heavy atom. The molecule has 0 aliphatic carbocycles. The number of ether oxygens (including phenoxy) is 1. The summed E-state index contributed by atoms with van der Waals surface area (Å²) in [6.07, 6.45) is -3.00. The van der Waals surface area contributed by atoms with Gasteiger partial charge in [0.25, 0.3) is 0 Å². The maximum Gasteiger partial charge on any atom is 0.416 e. The molecule has 0 N–H and O–H groups in total. The summed E-state index contributed by atoms with van der Waals surface area (Å²) in [5.41, 5.74) is -1.82. The van der Waals surface area contributed by atoms with E-state index in [4.69, 9.17) is 4.74 Å². The van der Waals surface area contributed by atoms with Crippen LogP contribution in [0.15, 0.2) is 18.3 Å². The zero-order valence-corrected chi connectivity index (χ0v) is 17.0. The predicted octanol–water partition coefficient (Wildman–Crippen LogP) is 4.10. The summed E-state index contributed by atoms with van der Waals surface area (Å²) < 4.78 is 44.5. The molecule has 3 rings (SSSR count). The molecule has 2 aliphatic rings. The first kappa shape index (κ1) is 21.4. The van der Waals surface area contributed by atoms with Gasteiger partial charge in [0.2, 0.25) is 5.91 Å². The van der Waals surface area contributed by atoms with Gasteiger partial charge in [-0.25, -0.2) is 9.78 Å². The van der Waals surface area contributed by atoms with E-state index in [-0.39, 0.29) is 30.2 Å². The number of likely N-dealkylation sites (tertiary alicyclic amines) is 1. The lowest BCUT2D eigenvalue weighted by atomic mass is 9.70. The van der Waals surface area contributed by atoms with Crippen molar-refractivity contribution in [3.05, 3.63) is 23.9 Å². The Morgan fingerprint density at radius 1 is 1.31 bits per heavy atom. The second-order valence-electron chi connectivity index (χ2n) is 9.00. The molecule has 0 aromatic carbocycles. The first-order valence-corrected chi connectivity index (χ1v) is 9.62. The number of aromatic nitrogens is 1. The number of hydrogen-bond donors (Lipinski definition) is 0. The predicted molar refractivity (Wildman–Crippen MR) is 100 cm³/mol. The minimum Gasteiger partial charge on any atom is -0.444 e. The van der Waals surface area contributed by atoms with E-state index < -0.39 is 22.8 Å². The van der Waals surface area contributed by atoms with Crippen molar-refractivity contribution in [1.29, 1.82) is 0 Å². The van der Waals surface area contributed by atoms with Gasteiger partial charge >= 0.3 is 12.3 Å². The van der Waals surface area contributed by atoms with Crippen LogP contribution in [0.5, 0.6) is 0 Å². The highest BCUT2D eigenvalue weighted by atomic mass is 19.4. The van der Waals surface area contributed by atoms with Gasteiger partial charge in [-0.2, -0.15) is 13.2 Å². The highest BCUT2D eigenvalue weighted by molar-refractivity contribution is 5.95. The highest BCUT2D eigenvalue weighted by Gasteiger charge is 2.50. The topological polar surface area (TPSA) is 62.7 Å². The molecule has 2 aliphatic heterocycles. The van der Waals surface area contributed by atoms with E-state index in [1.54, 1.807) is 25.7 Å². The van der Waals surface area contributed by atoms with E-state index in [0.29, 0.717) is 26.1 Å². The molecular weight excluding hydrogens is 387 g/mol. The molecule has 2 saturated heterocycles. The molecule has 9 heteroatoms. The van der Waals surface area contributed by atoms with Crippen LogP contribution in [0.4, 0.5) is 23.8 Å². The summed E-state index contributed by atoms with van der Waals surface area (Å²) in [5, 5.41) is 0. The Hall–Kier alpha value is -2.32. The van der Waals surface area contributed by atoms with Crippen molar-refractivity contribution in [2.24, 2.45) is 11.3 Å². The van der Waals surface area contributed by atoms with E-state index in [1.165, 1.54) is 4.90 Å². The molecule has 3 heterocycles. The van der Waals surface area contributed by atoms with Crippen LogP contribution in [-0.4, -0.2) is 47.1 Å². The van der Waals surface area contributed by atoms with Crippen molar-refractivity contribution < 1.29 is 27.5 Å². The minimum absolute atomic E-state index is 0.0106. The van der Waals surface area contributed by atoms with E-state index >= 15 is 0 Å². The number of nitrogens with zero attached hydrogens (tertiary/aromatic N) is 3. The number of hydrogen-bond acceptors (Lipinski definition) is 4. The van der Waals surface area contributed by atoms with Crippen molar-refractivity contribution in [3.8, 4) is 0 Å². The lowest BCUT2D eigenvalue weighted by Crippen LogP contribution is -2.50. The molecule has 2 unspecified atom stereocenters. The molecular formula is C20H26F3N3O3. The Balaban J connectivity index is 1.74. The Labute approximate surface area is 168 Å². The number of carbonyl (C=O) groups excluding carboxylic acids is 2. The lowest BCUT2D eigenvalue weighted by Gasteiger charge is -2.44. The van der Waals surface area contributed by atoms with Gasteiger partial charge in [-0.15, -0.1) is 0 Å². The average Bonchev–Trinajstić information content (AvgIpc) is 2.93. The summed E-state index contributed by atoms with van der Waals surface area (Å²) >= 11 is 0. The number of amides is 2. The molecule has 1 aromatic heterocycles. The molecule has 0 bridgehead atoms. The number of halogens is 3. The molecule has 2 amide bonds. The van der Waals surface area contributed by atoms with Gasteiger partial charge < -0.3 is 9.64 Å². The zero-order valence-electron chi connectivity index (χ0n) is 17.0. The third-order valence-corrected chi connectivity index (χ3v) is 5.70. The van der Waals surface area contributed by atoms with Gasteiger partial charge in [-0.1, -0.05) is 6.92 Å². The third-order valence-electron chi connectivity index (χ3n) is 5.70. The molecule has 2 atom stereocenters. The normalized spacial score (nSPS) is 25.6. The van der Waals surface area contributed by atoms with Crippen molar-refractivity contribution >= 4 is 17.8 Å². The number of piperidine rings is 1. The SMILES string of the molecule is CC1CN(C(=O)OC(C)(C)C)CCC12CC(=O)N(c1cc(C(F)(F)F)ccn1)C2. The van der Waals surface area contributed by atoms with Crippen LogP contribution in [0.2, 0.25) is 0 Å². The smallest absolute Gasteiger partial charge is 0.416 e. The number of rotatable bonds is 1. The second kappa shape index (κ2) is 7.18. The fraction of sp³-hybridized carbons (Fsp3) is 0.650. The Bertz CT molecular complexity index is 806. The quantitative estimate of drug-likeness (QED) is 0.696. The van der Waals surface area contributed by atoms with E-state index in [2.05, 4.69) is 4.98 Å². The number of pyridine rings is 1. The third kappa shape index (κ3) is 4.48. The van der Waals surface area contributed by atoms with Gasteiger partial charge in [0.05, 0.1) is 5.56 Å². The second-order valence-corrected chi connectivity index (χ2v) is 9.00. The first-order valence-electron chi connectivity index (χ1n) is 9.62. The molecule has 0 saturated carbocycles. The van der Waals surface area contributed by atoms with Gasteiger partial charge in [-0.3, -0.25) is 9.69 Å². The zero-order chi connectivity index (χ0) is 21.6. The molecule has 29 heavy (non-hydrogen) atoms. The molecule has 2 fully saturated rings. The van der Waals surface area contributed by atoms with Crippen LogP contribution in [0, 0.1) is 11.3 Å². The maximum atomic E-state index is 13.0. The first-order chi connectivity index (χ1) is 13.3. The molecule has 0 radical (unpaired) electrons. The fourth-order valence-corrected chi connectivity index (χ4v) is 4.02. The summed E-state index contributed by atoms with van der Waals surface area (Å²) in [5.74, 6) is -0.235. The molecule has 1 aromatic rings. The van der Waals surface area contributed by atoms with Crippen molar-refractivity contribution in [2.45, 2.75) is 52.3 Å². The summed E-state index contributed by atoms with van der Waals surface area (Å²) in [4.78, 5) is 32.0. The van der Waals surface area contributed by atoms with Crippen LogP contribution in [-0.2, 0) is 15.7 Å². The van der Waals surface area contributed by atoms with Crippen molar-refractivity contribution in [2.75, 3.05) is 24.5 Å². The summed E-state index contributed by atoms with van der Waals surface area (Å²) in [6.45, 7) is 8.54. The van der Waals surface area contributed by atoms with E-state index in [9.17, 15) is 22.8 Å². The number of alkyl halides is 3. The minimum atomic E-state index is -4.50. The van der Waals surface area contributed by atoms with Gasteiger partial charge in [0.1, 0.15) is 11.4 Å². The monoisotopic (exact) mass is 413 g/mol. The van der Waals surface area contributed by atoms with Crippen LogP contribution in [0.3, 0.4) is 0 Å². The van der Waals surface area contributed by atoms with Crippen molar-refractivity contribution in [1.82, 2.24) is 9.88 Å². The van der Waals surface area contributed by atoms with Gasteiger partial charge in [0.15, 0.2) is 0 Å². The van der Waals surface area contributed by atoms with E-state index in [1.807, 2.05) is 6.92 Å². The largest absolute Gasteiger partial charge is 0.444 e. The summed E-state index contributed by atoms with van der Waals surface area (Å²) in [7, 11) is 0. The molecule has 1 spiro atoms. The van der Waals surface area contributed by atoms with Crippen LogP contribution >= 0.6 is 0 Å². The van der Waals surface area contributed by atoms with Crippen LogP contribution in [0.1, 0.15) is 46.1 Å². The van der Waals surface area contributed by atoms with Crippen LogP contribution in [0.25, 0.3) is 0 Å². The van der Waals surface area contributed by atoms with Crippen LogP contribution < -0.4 is 4.90 Å². The Kier molecular flexibility index (Phi) is 5.29. The van der Waals surface area contributed by atoms with E-state index in [0.717, 1.165) is 18.3 Å². The standard InChI is InChI=1S/C20H26F3N3O3/c1-13-11-25(17(28)29-18(2,3)4)8-6-19(13)10-16(27)26(12-19)15-9-14(5-7-24-15)20(21,22)23/h5,7,9,13H,6,8,10-12H2,1-4H3. The summed E-state index contributed by atoms with van der Waals surface area (Å²) in [6, 6.07) is 1.80. The molecule has 160 valence electrons. The lowest BCUT2D eigenvalue weighted by molar-refractivity contribution is -0.137. The van der Waals surface area contributed by atoms with Gasteiger partial charge in [0, 0.05) is 37.7 Å². The Morgan fingerprint density at radius 3 is 2.59 bits per heavy atom. The van der Waals surface area contributed by atoms with Crippen molar-refractivity contribution in [3.63, 3.8) is 0 Å².